The van der Waals surface area contributed by atoms with Crippen LogP contribution in [0.2, 0.25) is 0 Å². The molecule has 508 valence electrons. The van der Waals surface area contributed by atoms with Gasteiger partial charge in [0.25, 0.3) is 0 Å². The quantitative estimate of drug-likeness (QED) is 0.124. The molecule has 0 amide bonds. The second-order valence-corrected chi connectivity index (χ2v) is 23.0. The minimum absolute atomic E-state index is 0.531. The first-order chi connectivity index (χ1) is 51.6. The zero-order chi connectivity index (χ0) is 71.7. The van der Waals surface area contributed by atoms with Crippen LogP contribution in [-0.4, -0.2) is 44.7 Å². The highest BCUT2D eigenvalue weighted by molar-refractivity contribution is 5.97. The molecule has 14 aromatic carbocycles. The first kappa shape index (κ1) is 70.4. The number of hydrogen-bond acceptors (Lipinski definition) is 9. The summed E-state index contributed by atoms with van der Waals surface area (Å²) >= 11 is 0. The van der Waals surface area contributed by atoms with Crippen molar-refractivity contribution in [3.8, 4) is 114 Å². The van der Waals surface area contributed by atoms with Crippen molar-refractivity contribution in [3.05, 3.63) is 370 Å². The second kappa shape index (κ2) is 35.5. The Kier molecular flexibility index (Phi) is 24.0. The predicted octanol–water partition coefficient (Wildman–Crippen LogP) is 24.8. The van der Waals surface area contributed by atoms with E-state index in [1.54, 1.807) is 0 Å². The molecule has 0 unspecified atom stereocenters. The molecule has 18 aromatic rings. The Morgan fingerprint density at radius 1 is 0.212 bits per heavy atom. The van der Waals surface area contributed by atoms with Crippen LogP contribution in [0.1, 0.15) is 41.5 Å². The first-order valence-electron chi connectivity index (χ1n) is 35.3. The van der Waals surface area contributed by atoms with E-state index in [4.69, 9.17) is 13.8 Å². The average molecular weight is 1350 g/mol. The first-order valence-corrected chi connectivity index (χ1v) is 35.3. The third-order valence-electron chi connectivity index (χ3n) is 16.7. The van der Waals surface area contributed by atoms with Gasteiger partial charge in [0.05, 0.1) is 11.0 Å². The van der Waals surface area contributed by atoms with Crippen molar-refractivity contribution in [2.75, 3.05) is 0 Å². The molecule has 4 aromatic heterocycles. The molecule has 0 radical (unpaired) electrons. The van der Waals surface area contributed by atoms with Gasteiger partial charge in [-0.1, -0.05) is 339 Å². The van der Waals surface area contributed by atoms with Crippen LogP contribution in [0, 0.1) is 0 Å². The molecule has 11 nitrogen and oxygen atoms in total. The highest BCUT2D eigenvalue weighted by Crippen LogP contribution is 2.35. The summed E-state index contributed by atoms with van der Waals surface area (Å²) in [6, 6.07) is 125. The third kappa shape index (κ3) is 16.5. The Labute approximate surface area is 607 Å². The fraction of sp³-hybridized carbons (Fsp3) is 0.0645. The minimum Gasteiger partial charge on any atom is -0.416 e. The smallest absolute Gasteiger partial charge is 0.248 e. The molecule has 0 spiro atoms. The molecule has 104 heavy (non-hydrogen) atoms. The van der Waals surface area contributed by atoms with Crippen molar-refractivity contribution >= 4 is 32.6 Å². The van der Waals surface area contributed by atoms with E-state index in [9.17, 15) is 0 Å². The molecule has 0 aliphatic heterocycles. The molecule has 0 saturated heterocycles. The van der Waals surface area contributed by atoms with Crippen LogP contribution < -0.4 is 0 Å². The zero-order valence-electron chi connectivity index (χ0n) is 59.1. The van der Waals surface area contributed by atoms with Gasteiger partial charge in [-0.05, 0) is 117 Å². The van der Waals surface area contributed by atoms with Crippen molar-refractivity contribution in [1.82, 2.24) is 44.7 Å². The molecule has 0 fully saturated rings. The largest absolute Gasteiger partial charge is 0.416 e. The van der Waals surface area contributed by atoms with Gasteiger partial charge in [-0.25, -0.2) is 4.98 Å². The third-order valence-corrected chi connectivity index (χ3v) is 16.7. The molecule has 18 rings (SSSR count). The molecule has 4 heterocycles. The van der Waals surface area contributed by atoms with E-state index >= 15 is 0 Å². The van der Waals surface area contributed by atoms with Crippen molar-refractivity contribution in [1.29, 1.82) is 0 Å². The molecule has 0 bridgehead atoms. The lowest BCUT2D eigenvalue weighted by Gasteiger charge is -2.11. The summed E-state index contributed by atoms with van der Waals surface area (Å²) in [5.74, 6) is 4.78. The van der Waals surface area contributed by atoms with Gasteiger partial charge in [-0.2, -0.15) is 0 Å². The van der Waals surface area contributed by atoms with E-state index in [-0.39, 0.29) is 0 Å². The average Bonchev–Trinajstić information content (AvgIpc) is 1.58. The van der Waals surface area contributed by atoms with Crippen LogP contribution in [0.15, 0.2) is 379 Å². The number of nitrogens with zero attached hydrogens (tertiary/aromatic N) is 9. The maximum Gasteiger partial charge on any atom is 0.248 e. The van der Waals surface area contributed by atoms with Gasteiger partial charge in [0, 0.05) is 50.3 Å². The molecular weight excluding hydrogens is 1280 g/mol. The molecule has 0 N–H and O–H groups in total. The monoisotopic (exact) mass is 1350 g/mol. The second-order valence-electron chi connectivity index (χ2n) is 23.0. The van der Waals surface area contributed by atoms with Crippen molar-refractivity contribution in [2.45, 2.75) is 41.5 Å². The zero-order valence-corrected chi connectivity index (χ0v) is 59.1. The van der Waals surface area contributed by atoms with Gasteiger partial charge in [0.15, 0.2) is 11.6 Å². The van der Waals surface area contributed by atoms with Gasteiger partial charge in [0.1, 0.15) is 5.82 Å². The van der Waals surface area contributed by atoms with Gasteiger partial charge in [0.2, 0.25) is 23.6 Å². The maximum absolute atomic E-state index is 6.05. The van der Waals surface area contributed by atoms with Crippen molar-refractivity contribution in [3.63, 3.8) is 0 Å². The lowest BCUT2D eigenvalue weighted by Crippen LogP contribution is -2.00. The van der Waals surface area contributed by atoms with E-state index < -0.39 is 0 Å². The summed E-state index contributed by atoms with van der Waals surface area (Å²) in [6.45, 7) is 12.0. The summed E-state index contributed by atoms with van der Waals surface area (Å²) < 4.78 is 16.2. The van der Waals surface area contributed by atoms with Crippen LogP contribution in [0.5, 0.6) is 0 Å². The Balaban J connectivity index is 0.000000128. The van der Waals surface area contributed by atoms with Crippen LogP contribution in [0.3, 0.4) is 0 Å². The predicted molar refractivity (Wildman–Crippen MR) is 429 cm³/mol. The summed E-state index contributed by atoms with van der Waals surface area (Å²) in [5, 5.41) is 30.5. The van der Waals surface area contributed by atoms with Crippen molar-refractivity contribution < 1.29 is 8.83 Å². The topological polar surface area (TPSA) is 126 Å². The lowest BCUT2D eigenvalue weighted by atomic mass is 10.0. The van der Waals surface area contributed by atoms with Crippen LogP contribution in [0.25, 0.3) is 146 Å². The van der Waals surface area contributed by atoms with Crippen LogP contribution >= 0.6 is 0 Å². The Morgan fingerprint density at radius 3 is 0.952 bits per heavy atom. The highest BCUT2D eigenvalue weighted by atomic mass is 16.4. The fourth-order valence-corrected chi connectivity index (χ4v) is 11.9. The number of para-hydroxylation sites is 4. The summed E-state index contributed by atoms with van der Waals surface area (Å²) in [4.78, 5) is 4.82. The number of hydrogen-bond donors (Lipinski definition) is 0. The molecule has 0 aliphatic carbocycles. The van der Waals surface area contributed by atoms with E-state index in [1.165, 1.54) is 16.7 Å². The Morgan fingerprint density at radius 2 is 0.500 bits per heavy atom. The summed E-state index contributed by atoms with van der Waals surface area (Å²) in [5.41, 5.74) is 16.0. The number of rotatable bonds is 11. The standard InChI is InChI=1S/C26H19N3.C22H14N2O.C20H14N2O.C19H14N2.3C2H6/c1-4-10-20(11-5-1)21-16-18-23(19-17-21)26-28-27-25(22-12-6-2-7-13-22)29(26)24-14-8-3-9-15-24;1-3-11-17-15(7-1)9-5-13-19(17)21-23-24-22(25-21)20-14-6-10-16-8-2-4-12-18(16)20;1-3-7-15(8-4-1)16-11-13-18(14-12-16)20-22-21-19(23-20)17-9-5-2-6-10-17;1-3-9-15(10-4-1)19-20-17-13-7-8-14-18(17)21(19)16-11-5-2-6-12-16;3*1-2/h1-19H;1-14H;1-14H;1-14H;3*1-2H3. The van der Waals surface area contributed by atoms with E-state index in [0.717, 1.165) is 106 Å². The molecule has 0 atom stereocenters. The SMILES string of the molecule is CC.CC.CC.c1ccc(-c2ccc(-c3nnc(-c4ccccc4)n3-c3ccccc3)cc2)cc1.c1ccc(-c2ccc(-c3nnc(-c4ccccc4)o3)cc2)cc1.c1ccc(-c2nc3ccccc3n2-c2ccccc2)cc1.c1ccc2c(-c3nnc(-c4cccc5ccccc45)o3)cccc2c1. The Hall–Kier alpha value is -13.5. The summed E-state index contributed by atoms with van der Waals surface area (Å²) in [7, 11) is 0. The van der Waals surface area contributed by atoms with Gasteiger partial charge < -0.3 is 8.83 Å². The Bertz CT molecular complexity index is 5490. The van der Waals surface area contributed by atoms with Gasteiger partial charge >= 0.3 is 0 Å². The number of aromatic nitrogens is 9. The number of fused-ring (bicyclic) bond motifs is 3. The van der Waals surface area contributed by atoms with E-state index in [1.807, 2.05) is 224 Å². The maximum atomic E-state index is 6.05. The fourth-order valence-electron chi connectivity index (χ4n) is 11.9. The molecule has 0 aliphatic rings. The summed E-state index contributed by atoms with van der Waals surface area (Å²) in [6.07, 6.45) is 0. The lowest BCUT2D eigenvalue weighted by molar-refractivity contribution is 0.584. The van der Waals surface area contributed by atoms with Crippen LogP contribution in [0.4, 0.5) is 0 Å². The number of benzene rings is 14. The van der Waals surface area contributed by atoms with Gasteiger partial charge in [-0.3, -0.25) is 9.13 Å². The number of imidazole rings is 1. The molecule has 11 heteroatoms. The normalized spacial score (nSPS) is 10.4. The van der Waals surface area contributed by atoms with Gasteiger partial charge in [-0.15, -0.1) is 30.6 Å². The highest BCUT2D eigenvalue weighted by Gasteiger charge is 2.19. The van der Waals surface area contributed by atoms with E-state index in [2.05, 4.69) is 228 Å². The minimum atomic E-state index is 0.531. The molecular formula is C93H79N9O2. The molecule has 0 saturated carbocycles. The van der Waals surface area contributed by atoms with Crippen LogP contribution in [-0.2, 0) is 0 Å². The van der Waals surface area contributed by atoms with E-state index in [0.29, 0.717) is 23.6 Å². The van der Waals surface area contributed by atoms with Crippen molar-refractivity contribution in [2.24, 2.45) is 0 Å².